The third kappa shape index (κ3) is 21.0. The van der Waals surface area contributed by atoms with Crippen molar-refractivity contribution in [3.8, 4) is 5.75 Å². The molecule has 0 aliphatic carbocycles. The zero-order chi connectivity index (χ0) is 37.9. The first-order chi connectivity index (χ1) is 24.1. The van der Waals surface area contributed by atoms with E-state index >= 15 is 0 Å². The van der Waals surface area contributed by atoms with Crippen molar-refractivity contribution in [3.05, 3.63) is 48.7 Å². The summed E-state index contributed by atoms with van der Waals surface area (Å²) in [6.07, 6.45) is 20.7. The number of methoxy groups -OCH3 is 1. The Morgan fingerprint density at radius 2 is 1.00 bits per heavy atom. The molecule has 0 atom stereocenters. The summed E-state index contributed by atoms with van der Waals surface area (Å²) in [6, 6.07) is 13.3. The largest absolute Gasteiger partial charge is 0.497 e. The zero-order valence-corrected chi connectivity index (χ0v) is 36.2. The second kappa shape index (κ2) is 37.2. The highest BCUT2D eigenvalue weighted by atomic mass is 32.2. The number of rotatable bonds is 20. The number of anilines is 3. The molecule has 0 radical (unpaired) electrons. The van der Waals surface area contributed by atoms with Gasteiger partial charge in [0.1, 0.15) is 5.75 Å². The van der Waals surface area contributed by atoms with E-state index in [0.29, 0.717) is 0 Å². The highest BCUT2D eigenvalue weighted by Gasteiger charge is 2.25. The van der Waals surface area contributed by atoms with E-state index in [1.165, 1.54) is 123 Å². The number of unbranched alkanes of at least 4 members (excludes halogenated alkanes) is 13. The summed E-state index contributed by atoms with van der Waals surface area (Å²) in [6.45, 7) is 33.2. The van der Waals surface area contributed by atoms with Gasteiger partial charge in [-0.2, -0.15) is 0 Å². The van der Waals surface area contributed by atoms with Crippen LogP contribution < -0.4 is 14.5 Å². The van der Waals surface area contributed by atoms with Gasteiger partial charge in [-0.3, -0.25) is 0 Å². The number of allylic oxidation sites excluding steroid dienone is 1. The molecule has 0 amide bonds. The summed E-state index contributed by atoms with van der Waals surface area (Å²) in [4.78, 5) is 7.42. The molecule has 1 aliphatic heterocycles. The van der Waals surface area contributed by atoms with Gasteiger partial charge < -0.3 is 14.5 Å². The average Bonchev–Trinajstić information content (AvgIpc) is 3.17. The molecule has 1 heterocycles. The third-order valence-corrected chi connectivity index (χ3v) is 8.97. The molecule has 1 aliphatic rings. The van der Waals surface area contributed by atoms with Crippen LogP contribution in [0.5, 0.6) is 5.75 Å². The molecule has 2 aromatic rings. The van der Waals surface area contributed by atoms with E-state index in [-0.39, 0.29) is 0 Å². The van der Waals surface area contributed by atoms with Crippen molar-refractivity contribution >= 4 is 28.8 Å². The van der Waals surface area contributed by atoms with Crippen LogP contribution in [0.3, 0.4) is 0 Å². The lowest BCUT2D eigenvalue weighted by atomic mass is 10.0. The maximum Gasteiger partial charge on any atom is 0.120 e. The lowest BCUT2D eigenvalue weighted by Gasteiger charge is -2.34. The van der Waals surface area contributed by atoms with Crippen molar-refractivity contribution in [2.24, 2.45) is 0 Å². The van der Waals surface area contributed by atoms with Gasteiger partial charge in [-0.05, 0) is 56.2 Å². The van der Waals surface area contributed by atoms with E-state index in [1.807, 2.05) is 87.1 Å². The van der Waals surface area contributed by atoms with Gasteiger partial charge in [-0.1, -0.05) is 185 Å². The molecule has 0 bridgehead atoms. The van der Waals surface area contributed by atoms with Crippen molar-refractivity contribution in [2.75, 3.05) is 30.0 Å². The van der Waals surface area contributed by atoms with Gasteiger partial charge >= 0.3 is 0 Å². The molecule has 2 aromatic carbocycles. The molecule has 3 nitrogen and oxygen atoms in total. The Morgan fingerprint density at radius 1 is 0.592 bits per heavy atom. The Kier molecular flexibility index (Phi) is 38.9. The Balaban J connectivity index is -0.00000193. The van der Waals surface area contributed by atoms with Crippen LogP contribution in [0, 0.1) is 0 Å². The summed E-state index contributed by atoms with van der Waals surface area (Å²) in [5.41, 5.74) is 4.79. The molecule has 0 aromatic heterocycles. The first-order valence-corrected chi connectivity index (χ1v) is 21.6. The van der Waals surface area contributed by atoms with E-state index in [0.717, 1.165) is 24.5 Å². The van der Waals surface area contributed by atoms with Crippen LogP contribution >= 0.6 is 11.8 Å². The summed E-state index contributed by atoms with van der Waals surface area (Å²) >= 11 is 1.85. The lowest BCUT2D eigenvalue weighted by Crippen LogP contribution is -2.26. The van der Waals surface area contributed by atoms with Crippen LogP contribution in [0.25, 0.3) is 0 Å². The van der Waals surface area contributed by atoms with E-state index in [9.17, 15) is 0 Å². The fourth-order valence-electron chi connectivity index (χ4n) is 5.55. The number of ether oxygens (including phenoxy) is 1. The first kappa shape index (κ1) is 51.3. The predicted molar refractivity (Wildman–Crippen MR) is 230 cm³/mol. The van der Waals surface area contributed by atoms with Crippen molar-refractivity contribution < 1.29 is 4.74 Å². The fourth-order valence-corrected chi connectivity index (χ4v) is 6.67. The maximum atomic E-state index is 5.52. The molecule has 286 valence electrons. The molecule has 0 unspecified atom stereocenters. The molecular formula is C45H84N2OS. The number of benzene rings is 2. The Hall–Kier alpha value is -2.07. The van der Waals surface area contributed by atoms with Crippen molar-refractivity contribution in [1.82, 2.24) is 0 Å². The Morgan fingerprint density at radius 3 is 1.45 bits per heavy atom. The Bertz CT molecular complexity index is 1010. The van der Waals surface area contributed by atoms with Crippen LogP contribution in [0.2, 0.25) is 0 Å². The topological polar surface area (TPSA) is 15.7 Å². The van der Waals surface area contributed by atoms with E-state index < -0.39 is 0 Å². The Labute approximate surface area is 313 Å². The molecule has 49 heavy (non-hydrogen) atoms. The highest BCUT2D eigenvalue weighted by molar-refractivity contribution is 7.99. The second-order valence-corrected chi connectivity index (χ2v) is 12.3. The van der Waals surface area contributed by atoms with Crippen molar-refractivity contribution in [2.45, 2.75) is 196 Å². The van der Waals surface area contributed by atoms with Gasteiger partial charge in [0.25, 0.3) is 0 Å². The standard InChI is InChI=1S/C35H54N2OS.5C2H6/c1-6-8-10-11-12-13-14-15-16-17-18-19-20-26-36(25-9-7-2)30-21-23-32-34(27-30)39-35-28-31(38-5)22-24-33(35)37(32)29(3)4;5*1-2/h21-24,27-28H,3,6-20,25-26H2,1-2,4-5H3;5*1-2H3. The second-order valence-electron chi connectivity index (χ2n) is 11.2. The van der Waals surface area contributed by atoms with Crippen LogP contribution in [0.15, 0.2) is 58.5 Å². The van der Waals surface area contributed by atoms with Gasteiger partial charge in [0.2, 0.25) is 0 Å². The predicted octanol–water partition coefficient (Wildman–Crippen LogP) is 16.7. The van der Waals surface area contributed by atoms with Gasteiger partial charge in [0.15, 0.2) is 0 Å². The first-order valence-electron chi connectivity index (χ1n) is 20.8. The maximum absolute atomic E-state index is 5.52. The fraction of sp³-hybridized carbons (Fsp3) is 0.689. The normalized spacial score (nSPS) is 10.4. The zero-order valence-electron chi connectivity index (χ0n) is 35.4. The minimum Gasteiger partial charge on any atom is -0.497 e. The summed E-state index contributed by atoms with van der Waals surface area (Å²) < 4.78 is 5.52. The smallest absolute Gasteiger partial charge is 0.120 e. The molecule has 0 fully saturated rings. The van der Waals surface area contributed by atoms with Crippen LogP contribution in [-0.2, 0) is 0 Å². The number of nitrogens with zero attached hydrogens (tertiary/aromatic N) is 2. The minimum absolute atomic E-state index is 0.898. The average molecular weight is 701 g/mol. The molecular weight excluding hydrogens is 617 g/mol. The molecule has 0 spiro atoms. The number of fused-ring (bicyclic) bond motifs is 2. The van der Waals surface area contributed by atoms with Gasteiger partial charge in [0.05, 0.1) is 18.5 Å². The van der Waals surface area contributed by atoms with E-state index in [4.69, 9.17) is 4.74 Å². The summed E-state index contributed by atoms with van der Waals surface area (Å²) in [7, 11) is 1.74. The summed E-state index contributed by atoms with van der Waals surface area (Å²) in [5.74, 6) is 0.898. The number of hydrogen-bond donors (Lipinski definition) is 0. The van der Waals surface area contributed by atoms with Crippen molar-refractivity contribution in [3.63, 3.8) is 0 Å². The molecule has 4 heteroatoms. The number of hydrogen-bond acceptors (Lipinski definition) is 4. The SMILES string of the molecule is C=C(C)N1c2ccc(OC)cc2Sc2cc(N(CCCC)CCCCCCCCCCCCCCC)ccc21.CC.CC.CC.CC.CC. The van der Waals surface area contributed by atoms with E-state index in [2.05, 4.69) is 67.5 Å². The van der Waals surface area contributed by atoms with E-state index in [1.54, 1.807) is 7.11 Å². The molecule has 3 rings (SSSR count). The molecule has 0 saturated carbocycles. The monoisotopic (exact) mass is 701 g/mol. The molecule has 0 saturated heterocycles. The lowest BCUT2D eigenvalue weighted by molar-refractivity contribution is 0.413. The minimum atomic E-state index is 0.898. The van der Waals surface area contributed by atoms with Gasteiger partial charge in [-0.25, -0.2) is 0 Å². The highest BCUT2D eigenvalue weighted by Crippen LogP contribution is 2.51. The summed E-state index contributed by atoms with van der Waals surface area (Å²) in [5, 5.41) is 0. The van der Waals surface area contributed by atoms with Crippen LogP contribution in [-0.4, -0.2) is 20.2 Å². The van der Waals surface area contributed by atoms with Gasteiger partial charge in [-0.15, -0.1) is 0 Å². The van der Waals surface area contributed by atoms with Gasteiger partial charge in [0, 0.05) is 34.3 Å². The third-order valence-electron chi connectivity index (χ3n) is 7.87. The molecule has 0 N–H and O–H groups in total. The van der Waals surface area contributed by atoms with Crippen molar-refractivity contribution in [1.29, 1.82) is 0 Å². The quantitative estimate of drug-likeness (QED) is 0.128. The van der Waals surface area contributed by atoms with Crippen LogP contribution in [0.1, 0.15) is 186 Å². The van der Waals surface area contributed by atoms with Crippen LogP contribution in [0.4, 0.5) is 17.1 Å².